The molecule has 0 bridgehead atoms. The highest BCUT2D eigenvalue weighted by atomic mass is 14.5. The van der Waals surface area contributed by atoms with Gasteiger partial charge in [0, 0.05) is 16.6 Å². The quantitative estimate of drug-likeness (QED) is 0.487. The molecule has 3 aromatic carbocycles. The molecule has 3 aromatic rings. The van der Waals surface area contributed by atoms with Crippen molar-refractivity contribution in [1.82, 2.24) is 0 Å². The van der Waals surface area contributed by atoms with Crippen molar-refractivity contribution in [2.24, 2.45) is 5.41 Å². The predicted octanol–water partition coefficient (Wildman–Crippen LogP) is 6.71. The molecule has 140 valence electrons. The van der Waals surface area contributed by atoms with Crippen LogP contribution in [0.25, 0.3) is 21.9 Å². The number of rotatable bonds is 2. The fourth-order valence-electron chi connectivity index (χ4n) is 4.01. The average Bonchev–Trinajstić information content (AvgIpc) is 2.67. The van der Waals surface area contributed by atoms with E-state index in [4.69, 9.17) is 11.1 Å². The maximum Gasteiger partial charge on any atom is 0.0618 e. The topological polar surface area (TPSA) is 49.9 Å². The van der Waals surface area contributed by atoms with Gasteiger partial charge in [0.2, 0.25) is 0 Å². The second-order valence-electron chi connectivity index (χ2n) is 8.67. The molecule has 1 aliphatic carbocycles. The van der Waals surface area contributed by atoms with Gasteiger partial charge in [-0.15, -0.1) is 0 Å². The summed E-state index contributed by atoms with van der Waals surface area (Å²) in [6.07, 6.45) is 4.96. The fraction of sp³-hybridized carbons (Fsp3) is 0.192. The van der Waals surface area contributed by atoms with Crippen LogP contribution >= 0.6 is 0 Å². The minimum atomic E-state index is 0.124. The zero-order valence-corrected chi connectivity index (χ0v) is 16.7. The van der Waals surface area contributed by atoms with Crippen LogP contribution in [0, 0.1) is 10.8 Å². The monoisotopic (exact) mass is 366 g/mol. The molecular weight excluding hydrogens is 340 g/mol. The zero-order valence-electron chi connectivity index (χ0n) is 16.7. The first kappa shape index (κ1) is 18.2. The van der Waals surface area contributed by atoms with Gasteiger partial charge >= 0.3 is 0 Å². The minimum Gasteiger partial charge on any atom is -0.398 e. The number of benzene rings is 3. The van der Waals surface area contributed by atoms with Crippen molar-refractivity contribution in [3.8, 4) is 0 Å². The molecule has 0 radical (unpaired) electrons. The standard InChI is InChI=1S/C26H26N2/c1-26(2,3)16-23(19-12-14-24(27)21-10-6-4-8-17(19)21)20-13-15-25(28)22-11-7-5-9-18(20)22/h4-15,27H,16,28H2,1-3H3. The molecule has 0 spiro atoms. The lowest BCUT2D eigenvalue weighted by atomic mass is 9.78. The lowest BCUT2D eigenvalue weighted by Gasteiger charge is -2.26. The minimum absolute atomic E-state index is 0.124. The van der Waals surface area contributed by atoms with Crippen molar-refractivity contribution in [3.63, 3.8) is 0 Å². The number of nitrogen functional groups attached to an aromatic ring is 1. The van der Waals surface area contributed by atoms with Crippen LogP contribution in [0.5, 0.6) is 0 Å². The summed E-state index contributed by atoms with van der Waals surface area (Å²) < 4.78 is 0. The highest BCUT2D eigenvalue weighted by Gasteiger charge is 2.23. The van der Waals surface area contributed by atoms with E-state index in [0.717, 1.165) is 28.6 Å². The highest BCUT2D eigenvalue weighted by molar-refractivity contribution is 6.17. The number of allylic oxidation sites excluding steroid dienone is 4. The number of hydrogen-bond acceptors (Lipinski definition) is 2. The zero-order chi connectivity index (χ0) is 19.9. The first-order valence-corrected chi connectivity index (χ1v) is 9.72. The summed E-state index contributed by atoms with van der Waals surface area (Å²) in [5.74, 6) is 0. The Labute approximate surface area is 166 Å². The molecule has 0 unspecified atom stereocenters. The average molecular weight is 367 g/mol. The largest absolute Gasteiger partial charge is 0.398 e. The Kier molecular flexibility index (Phi) is 4.43. The molecule has 0 saturated heterocycles. The van der Waals surface area contributed by atoms with Gasteiger partial charge in [-0.1, -0.05) is 81.4 Å². The maximum atomic E-state index is 8.32. The molecule has 0 aromatic heterocycles. The van der Waals surface area contributed by atoms with Gasteiger partial charge in [0.05, 0.1) is 5.71 Å². The maximum absolute atomic E-state index is 8.32. The lowest BCUT2D eigenvalue weighted by molar-refractivity contribution is 0.428. The van der Waals surface area contributed by atoms with Crippen molar-refractivity contribution >= 4 is 33.3 Å². The molecule has 0 atom stereocenters. The molecule has 0 fully saturated rings. The number of nitrogens with one attached hydrogen (secondary N) is 1. The van der Waals surface area contributed by atoms with E-state index in [9.17, 15) is 0 Å². The van der Waals surface area contributed by atoms with Crippen LogP contribution in [0.15, 0.2) is 72.8 Å². The molecule has 1 aliphatic rings. The molecule has 28 heavy (non-hydrogen) atoms. The summed E-state index contributed by atoms with van der Waals surface area (Å²) in [6.45, 7) is 6.81. The lowest BCUT2D eigenvalue weighted by Crippen LogP contribution is -2.11. The van der Waals surface area contributed by atoms with E-state index < -0.39 is 0 Å². The highest BCUT2D eigenvalue weighted by Crippen LogP contribution is 2.42. The van der Waals surface area contributed by atoms with Gasteiger partial charge in [-0.3, -0.25) is 0 Å². The first-order valence-electron chi connectivity index (χ1n) is 9.72. The summed E-state index contributed by atoms with van der Waals surface area (Å²) in [5.41, 5.74) is 13.6. The third kappa shape index (κ3) is 3.27. The van der Waals surface area contributed by atoms with E-state index in [0.29, 0.717) is 5.71 Å². The number of nitrogens with two attached hydrogens (primary N) is 1. The van der Waals surface area contributed by atoms with E-state index in [2.05, 4.69) is 63.2 Å². The Balaban J connectivity index is 2.07. The Hall–Kier alpha value is -3.13. The molecule has 0 amide bonds. The van der Waals surface area contributed by atoms with Gasteiger partial charge in [0.25, 0.3) is 0 Å². The van der Waals surface area contributed by atoms with Crippen LogP contribution in [0.2, 0.25) is 0 Å². The predicted molar refractivity (Wildman–Crippen MR) is 122 cm³/mol. The van der Waals surface area contributed by atoms with Crippen molar-refractivity contribution in [2.45, 2.75) is 27.2 Å². The first-order chi connectivity index (χ1) is 13.3. The van der Waals surface area contributed by atoms with E-state index >= 15 is 0 Å². The Morgan fingerprint density at radius 3 is 2.18 bits per heavy atom. The molecule has 0 aliphatic heterocycles. The van der Waals surface area contributed by atoms with Gasteiger partial charge in [0.1, 0.15) is 0 Å². The Morgan fingerprint density at radius 1 is 0.821 bits per heavy atom. The SMILES string of the molecule is CC(C)(C)CC(=C1C=CC(=N)c2ccccc21)c1ccc(N)c2ccccc12. The van der Waals surface area contributed by atoms with Gasteiger partial charge in [-0.25, -0.2) is 0 Å². The van der Waals surface area contributed by atoms with Gasteiger partial charge < -0.3 is 11.1 Å². The van der Waals surface area contributed by atoms with Crippen molar-refractivity contribution < 1.29 is 0 Å². The van der Waals surface area contributed by atoms with Crippen LogP contribution in [-0.2, 0) is 0 Å². The van der Waals surface area contributed by atoms with Crippen LogP contribution in [0.1, 0.15) is 43.9 Å². The molecule has 0 saturated carbocycles. The van der Waals surface area contributed by atoms with Crippen molar-refractivity contribution in [3.05, 3.63) is 89.5 Å². The van der Waals surface area contributed by atoms with Crippen LogP contribution in [-0.4, -0.2) is 5.71 Å². The smallest absolute Gasteiger partial charge is 0.0618 e. The molecule has 2 nitrogen and oxygen atoms in total. The molecule has 4 rings (SSSR count). The summed E-state index contributed by atoms with van der Waals surface area (Å²) in [6, 6.07) is 20.8. The van der Waals surface area contributed by atoms with Crippen LogP contribution in [0.3, 0.4) is 0 Å². The van der Waals surface area contributed by atoms with E-state index in [1.807, 2.05) is 30.3 Å². The summed E-state index contributed by atoms with van der Waals surface area (Å²) in [4.78, 5) is 0. The molecule has 2 heteroatoms. The van der Waals surface area contributed by atoms with Crippen LogP contribution < -0.4 is 5.73 Å². The second kappa shape index (κ2) is 6.79. The van der Waals surface area contributed by atoms with E-state index in [-0.39, 0.29) is 5.41 Å². The van der Waals surface area contributed by atoms with Crippen LogP contribution in [0.4, 0.5) is 5.69 Å². The molecule has 0 heterocycles. The van der Waals surface area contributed by atoms with Gasteiger partial charge in [-0.2, -0.15) is 0 Å². The van der Waals surface area contributed by atoms with E-state index in [1.165, 1.54) is 22.1 Å². The van der Waals surface area contributed by atoms with E-state index in [1.54, 1.807) is 0 Å². The molecular formula is C26H26N2. The van der Waals surface area contributed by atoms with Crippen molar-refractivity contribution in [2.75, 3.05) is 5.73 Å². The summed E-state index contributed by atoms with van der Waals surface area (Å²) >= 11 is 0. The Bertz CT molecular complexity index is 1140. The third-order valence-corrected chi connectivity index (χ3v) is 5.24. The third-order valence-electron chi connectivity index (χ3n) is 5.24. The fourth-order valence-corrected chi connectivity index (χ4v) is 4.01. The normalized spacial score (nSPS) is 15.6. The summed E-state index contributed by atoms with van der Waals surface area (Å²) in [5, 5.41) is 10.6. The van der Waals surface area contributed by atoms with Crippen molar-refractivity contribution in [1.29, 1.82) is 5.41 Å². The van der Waals surface area contributed by atoms with Gasteiger partial charge in [0.15, 0.2) is 0 Å². The number of hydrogen-bond donors (Lipinski definition) is 2. The molecule has 3 N–H and O–H groups in total. The number of fused-ring (bicyclic) bond motifs is 2. The summed E-state index contributed by atoms with van der Waals surface area (Å²) in [7, 11) is 0. The second-order valence-corrected chi connectivity index (χ2v) is 8.67. The Morgan fingerprint density at radius 2 is 1.46 bits per heavy atom. The van der Waals surface area contributed by atoms with Gasteiger partial charge in [-0.05, 0) is 51.6 Å². The number of anilines is 1.